The minimum atomic E-state index is 0.133. The molecule has 1 heterocycles. The Morgan fingerprint density at radius 2 is 1.81 bits per heavy atom. The van der Waals surface area contributed by atoms with Gasteiger partial charge in [0.15, 0.2) is 0 Å². The van der Waals surface area contributed by atoms with E-state index in [2.05, 4.69) is 15.2 Å². The van der Waals surface area contributed by atoms with Crippen molar-refractivity contribution in [3.8, 4) is 11.5 Å². The number of benzene rings is 2. The van der Waals surface area contributed by atoms with Crippen molar-refractivity contribution in [2.24, 2.45) is 10.2 Å². The number of aromatic nitrogens is 1. The molecule has 1 N–H and O–H groups in total. The largest absolute Gasteiger partial charge is 0.506 e. The van der Waals surface area contributed by atoms with Crippen LogP contribution in [0.4, 0.5) is 11.4 Å². The lowest BCUT2D eigenvalue weighted by Crippen LogP contribution is -1.80. The van der Waals surface area contributed by atoms with Gasteiger partial charge >= 0.3 is 0 Å². The van der Waals surface area contributed by atoms with Crippen LogP contribution in [0.25, 0.3) is 10.9 Å². The van der Waals surface area contributed by atoms with E-state index in [1.54, 1.807) is 31.5 Å². The second-order valence-corrected chi connectivity index (χ2v) is 4.40. The van der Waals surface area contributed by atoms with Crippen LogP contribution in [0, 0.1) is 0 Å². The molecule has 3 rings (SSSR count). The Morgan fingerprint density at radius 3 is 2.57 bits per heavy atom. The van der Waals surface area contributed by atoms with Crippen LogP contribution >= 0.6 is 0 Å². The maximum atomic E-state index is 9.79. The van der Waals surface area contributed by atoms with Crippen molar-refractivity contribution >= 4 is 22.3 Å². The van der Waals surface area contributed by atoms with Crippen molar-refractivity contribution in [1.29, 1.82) is 0 Å². The molecule has 0 spiro atoms. The van der Waals surface area contributed by atoms with E-state index in [9.17, 15) is 5.11 Å². The highest BCUT2D eigenvalue weighted by atomic mass is 16.5. The number of azo groups is 1. The first-order valence-electron chi connectivity index (χ1n) is 6.40. The Morgan fingerprint density at radius 1 is 1.00 bits per heavy atom. The zero-order valence-electron chi connectivity index (χ0n) is 11.4. The molecule has 5 heteroatoms. The molecule has 0 amide bonds. The lowest BCUT2D eigenvalue weighted by atomic mass is 10.2. The molecule has 0 bridgehead atoms. The maximum Gasteiger partial charge on any atom is 0.141 e. The van der Waals surface area contributed by atoms with E-state index in [1.165, 1.54) is 0 Å². The highest BCUT2D eigenvalue weighted by Crippen LogP contribution is 2.32. The molecule has 104 valence electrons. The molecule has 3 aromatic rings. The number of pyridine rings is 1. The van der Waals surface area contributed by atoms with E-state index in [-0.39, 0.29) is 5.75 Å². The number of fused-ring (bicyclic) bond motifs is 1. The standard InChI is InChI=1S/C16H13N3O2/c1-21-12-6-4-11(5-7-12)18-19-14-8-9-15(20)16-13(14)3-2-10-17-16/h2-10,20H,1H3. The third kappa shape index (κ3) is 2.67. The predicted octanol–water partition coefficient (Wildman–Crippen LogP) is 4.36. The number of ether oxygens (including phenoxy) is 1. The van der Waals surface area contributed by atoms with Gasteiger partial charge in [-0.1, -0.05) is 0 Å². The van der Waals surface area contributed by atoms with Gasteiger partial charge in [-0.05, 0) is 48.5 Å². The van der Waals surface area contributed by atoms with Gasteiger partial charge in [0.2, 0.25) is 0 Å². The quantitative estimate of drug-likeness (QED) is 0.724. The van der Waals surface area contributed by atoms with Crippen LogP contribution in [0.2, 0.25) is 0 Å². The number of hydrogen-bond donors (Lipinski definition) is 1. The summed E-state index contributed by atoms with van der Waals surface area (Å²) in [5.41, 5.74) is 1.90. The summed E-state index contributed by atoms with van der Waals surface area (Å²) in [6.45, 7) is 0. The third-order valence-corrected chi connectivity index (χ3v) is 3.07. The van der Waals surface area contributed by atoms with Gasteiger partial charge in [0.05, 0.1) is 18.5 Å². The SMILES string of the molecule is COc1ccc(N=Nc2ccc(O)c3ncccc23)cc1. The van der Waals surface area contributed by atoms with E-state index in [0.29, 0.717) is 11.2 Å². The number of nitrogens with zero attached hydrogens (tertiary/aromatic N) is 3. The number of methoxy groups -OCH3 is 1. The van der Waals surface area contributed by atoms with Gasteiger partial charge in [-0.2, -0.15) is 5.11 Å². The fourth-order valence-corrected chi connectivity index (χ4v) is 1.99. The topological polar surface area (TPSA) is 67.1 Å². The fourth-order valence-electron chi connectivity index (χ4n) is 1.99. The van der Waals surface area contributed by atoms with E-state index < -0.39 is 0 Å². The summed E-state index contributed by atoms with van der Waals surface area (Å²) in [5.74, 6) is 0.905. The van der Waals surface area contributed by atoms with Crippen molar-refractivity contribution in [2.45, 2.75) is 0 Å². The van der Waals surface area contributed by atoms with Gasteiger partial charge in [0.1, 0.15) is 17.0 Å². The smallest absolute Gasteiger partial charge is 0.141 e. The summed E-state index contributed by atoms with van der Waals surface area (Å²) < 4.78 is 5.09. The minimum Gasteiger partial charge on any atom is -0.506 e. The second kappa shape index (κ2) is 5.58. The average molecular weight is 279 g/mol. The molecule has 0 unspecified atom stereocenters. The molecule has 5 nitrogen and oxygen atoms in total. The minimum absolute atomic E-state index is 0.133. The lowest BCUT2D eigenvalue weighted by Gasteiger charge is -2.02. The van der Waals surface area contributed by atoms with Crippen LogP contribution in [0.1, 0.15) is 0 Å². The number of aromatic hydroxyl groups is 1. The van der Waals surface area contributed by atoms with E-state index in [0.717, 1.165) is 16.8 Å². The summed E-state index contributed by atoms with van der Waals surface area (Å²) in [7, 11) is 1.62. The normalized spacial score (nSPS) is 11.1. The molecule has 0 saturated carbocycles. The van der Waals surface area contributed by atoms with Gasteiger partial charge in [-0.3, -0.25) is 4.98 Å². The Hall–Kier alpha value is -2.95. The van der Waals surface area contributed by atoms with Crippen LogP contribution in [0.15, 0.2) is 65.0 Å². The molecule has 1 aromatic heterocycles. The molecular formula is C16H13N3O2. The summed E-state index contributed by atoms with van der Waals surface area (Å²) >= 11 is 0. The molecule has 0 saturated heterocycles. The van der Waals surface area contributed by atoms with E-state index >= 15 is 0 Å². The molecule has 0 fully saturated rings. The molecule has 0 atom stereocenters. The first-order valence-corrected chi connectivity index (χ1v) is 6.40. The lowest BCUT2D eigenvalue weighted by molar-refractivity contribution is 0.415. The summed E-state index contributed by atoms with van der Waals surface area (Å²) in [6.07, 6.45) is 1.63. The van der Waals surface area contributed by atoms with Crippen molar-refractivity contribution in [3.05, 3.63) is 54.7 Å². The van der Waals surface area contributed by atoms with Gasteiger partial charge in [0, 0.05) is 11.6 Å². The zero-order valence-corrected chi connectivity index (χ0v) is 11.4. The molecular weight excluding hydrogens is 266 g/mol. The highest BCUT2D eigenvalue weighted by molar-refractivity contribution is 5.93. The van der Waals surface area contributed by atoms with Gasteiger partial charge in [0.25, 0.3) is 0 Å². The first-order chi connectivity index (χ1) is 10.3. The number of phenolic OH excluding ortho intramolecular Hbond substituents is 1. The number of rotatable bonds is 3. The highest BCUT2D eigenvalue weighted by Gasteiger charge is 2.05. The Kier molecular flexibility index (Phi) is 3.47. The zero-order chi connectivity index (χ0) is 14.7. The van der Waals surface area contributed by atoms with Crippen molar-refractivity contribution < 1.29 is 9.84 Å². The summed E-state index contributed by atoms with van der Waals surface area (Å²) in [4.78, 5) is 4.15. The van der Waals surface area contributed by atoms with Crippen LogP contribution in [-0.2, 0) is 0 Å². The molecule has 0 aliphatic rings. The maximum absolute atomic E-state index is 9.79. The predicted molar refractivity (Wildman–Crippen MR) is 80.6 cm³/mol. The Bertz CT molecular complexity index is 798. The fraction of sp³-hybridized carbons (Fsp3) is 0.0625. The van der Waals surface area contributed by atoms with Gasteiger partial charge in [-0.15, -0.1) is 5.11 Å². The molecule has 0 aliphatic heterocycles. The third-order valence-electron chi connectivity index (χ3n) is 3.07. The number of phenols is 1. The molecule has 0 radical (unpaired) electrons. The number of hydrogen-bond acceptors (Lipinski definition) is 5. The molecule has 2 aromatic carbocycles. The summed E-state index contributed by atoms with van der Waals surface area (Å²) in [6, 6.07) is 14.2. The van der Waals surface area contributed by atoms with Crippen LogP contribution in [0.5, 0.6) is 11.5 Å². The van der Waals surface area contributed by atoms with E-state index in [4.69, 9.17) is 4.74 Å². The summed E-state index contributed by atoms with van der Waals surface area (Å²) in [5, 5.41) is 19.0. The van der Waals surface area contributed by atoms with Crippen LogP contribution in [-0.4, -0.2) is 17.2 Å². The van der Waals surface area contributed by atoms with Crippen molar-refractivity contribution in [1.82, 2.24) is 4.98 Å². The molecule has 0 aliphatic carbocycles. The van der Waals surface area contributed by atoms with Gasteiger partial charge < -0.3 is 9.84 Å². The monoisotopic (exact) mass is 279 g/mol. The average Bonchev–Trinajstić information content (AvgIpc) is 2.55. The van der Waals surface area contributed by atoms with Crippen LogP contribution in [0.3, 0.4) is 0 Å². The first kappa shape index (κ1) is 13.1. The Balaban J connectivity index is 1.97. The molecule has 21 heavy (non-hydrogen) atoms. The van der Waals surface area contributed by atoms with Gasteiger partial charge in [-0.25, -0.2) is 0 Å². The Labute approximate surface area is 121 Å². The van der Waals surface area contributed by atoms with E-state index in [1.807, 2.05) is 30.3 Å². The van der Waals surface area contributed by atoms with Crippen LogP contribution < -0.4 is 4.74 Å². The van der Waals surface area contributed by atoms with Crippen molar-refractivity contribution in [3.63, 3.8) is 0 Å². The van der Waals surface area contributed by atoms with Crippen molar-refractivity contribution in [2.75, 3.05) is 7.11 Å². The second-order valence-electron chi connectivity index (χ2n) is 4.40.